The molecule has 1 aliphatic heterocycles. The molecule has 20 heavy (non-hydrogen) atoms. The topological polar surface area (TPSA) is 15.3 Å². The highest BCUT2D eigenvalue weighted by molar-refractivity contribution is 5.20. The van der Waals surface area contributed by atoms with Gasteiger partial charge in [0.2, 0.25) is 0 Å². The Labute approximate surface area is 122 Å². The van der Waals surface area contributed by atoms with E-state index >= 15 is 0 Å². The van der Waals surface area contributed by atoms with Crippen LogP contribution in [-0.2, 0) is 0 Å². The third-order valence-corrected chi connectivity index (χ3v) is 4.58. The molecule has 0 spiro atoms. The fraction of sp³-hybridized carbons (Fsp3) is 0.647. The van der Waals surface area contributed by atoms with Crippen LogP contribution in [0.15, 0.2) is 24.3 Å². The van der Waals surface area contributed by atoms with Crippen LogP contribution in [0, 0.1) is 11.7 Å². The quantitative estimate of drug-likeness (QED) is 0.885. The van der Waals surface area contributed by atoms with Crippen molar-refractivity contribution in [1.82, 2.24) is 10.2 Å². The molecule has 3 heteroatoms. The van der Waals surface area contributed by atoms with Crippen molar-refractivity contribution < 1.29 is 4.39 Å². The smallest absolute Gasteiger partial charge is 0.127 e. The Morgan fingerprint density at radius 1 is 1.35 bits per heavy atom. The predicted molar refractivity (Wildman–Crippen MR) is 82.3 cm³/mol. The monoisotopic (exact) mass is 278 g/mol. The van der Waals surface area contributed by atoms with Crippen molar-refractivity contribution in [2.45, 2.75) is 45.7 Å². The van der Waals surface area contributed by atoms with E-state index in [0.717, 1.165) is 18.7 Å². The summed E-state index contributed by atoms with van der Waals surface area (Å²) in [7, 11) is 0. The highest BCUT2D eigenvalue weighted by atomic mass is 19.1. The molecule has 1 heterocycles. The molecule has 2 rings (SSSR count). The number of benzene rings is 1. The molecule has 1 saturated heterocycles. The summed E-state index contributed by atoms with van der Waals surface area (Å²) in [5, 5.41) is 3.58. The van der Waals surface area contributed by atoms with Crippen molar-refractivity contribution >= 4 is 0 Å². The summed E-state index contributed by atoms with van der Waals surface area (Å²) in [6.45, 7) is 10.0. The second kappa shape index (κ2) is 7.19. The number of halogens is 1. The zero-order chi connectivity index (χ0) is 14.5. The minimum Gasteiger partial charge on any atom is -0.307 e. The standard InChI is InChI=1S/C17H27FN2/c1-4-20-11-7-8-15(12-20)13(2)19-14(3)16-9-5-6-10-17(16)18/h5-6,9-10,13-15,19H,4,7-8,11-12H2,1-3H3. The Balaban J connectivity index is 1.93. The van der Waals surface area contributed by atoms with E-state index in [9.17, 15) is 4.39 Å². The Morgan fingerprint density at radius 3 is 2.80 bits per heavy atom. The molecule has 0 radical (unpaired) electrons. The Kier molecular flexibility index (Phi) is 5.55. The van der Waals surface area contributed by atoms with Crippen molar-refractivity contribution in [2.75, 3.05) is 19.6 Å². The van der Waals surface area contributed by atoms with Crippen LogP contribution >= 0.6 is 0 Å². The summed E-state index contributed by atoms with van der Waals surface area (Å²) in [5.41, 5.74) is 0.766. The second-order valence-corrected chi connectivity index (χ2v) is 5.99. The molecule has 0 amide bonds. The highest BCUT2D eigenvalue weighted by Crippen LogP contribution is 2.23. The lowest BCUT2D eigenvalue weighted by atomic mass is 9.90. The molecule has 1 aromatic rings. The summed E-state index contributed by atoms with van der Waals surface area (Å²) < 4.78 is 13.8. The largest absolute Gasteiger partial charge is 0.307 e. The van der Waals surface area contributed by atoms with Crippen molar-refractivity contribution in [3.8, 4) is 0 Å². The molecule has 3 unspecified atom stereocenters. The normalized spacial score (nSPS) is 23.5. The molecular weight excluding hydrogens is 251 g/mol. The van der Waals surface area contributed by atoms with Crippen LogP contribution in [0.25, 0.3) is 0 Å². The maximum atomic E-state index is 13.8. The first kappa shape index (κ1) is 15.5. The number of hydrogen-bond acceptors (Lipinski definition) is 2. The zero-order valence-electron chi connectivity index (χ0n) is 12.9. The van der Waals surface area contributed by atoms with E-state index in [0.29, 0.717) is 12.0 Å². The fourth-order valence-corrected chi connectivity index (χ4v) is 3.23. The molecule has 3 atom stereocenters. The molecule has 1 aromatic carbocycles. The third-order valence-electron chi connectivity index (χ3n) is 4.58. The van der Waals surface area contributed by atoms with Crippen molar-refractivity contribution in [2.24, 2.45) is 5.92 Å². The molecule has 0 saturated carbocycles. The molecule has 0 aromatic heterocycles. The molecule has 0 aliphatic carbocycles. The minimum atomic E-state index is -0.112. The Morgan fingerprint density at radius 2 is 2.10 bits per heavy atom. The summed E-state index contributed by atoms with van der Waals surface area (Å²) in [5.74, 6) is 0.552. The lowest BCUT2D eigenvalue weighted by Crippen LogP contribution is -2.45. The molecule has 112 valence electrons. The first-order chi connectivity index (χ1) is 9.61. The summed E-state index contributed by atoms with van der Waals surface area (Å²) in [6.07, 6.45) is 2.55. The summed E-state index contributed by atoms with van der Waals surface area (Å²) in [6, 6.07) is 7.54. The van der Waals surface area contributed by atoms with Gasteiger partial charge in [0, 0.05) is 24.2 Å². The number of nitrogens with one attached hydrogen (secondary N) is 1. The lowest BCUT2D eigenvalue weighted by Gasteiger charge is -2.36. The summed E-state index contributed by atoms with van der Waals surface area (Å²) in [4.78, 5) is 2.51. The lowest BCUT2D eigenvalue weighted by molar-refractivity contribution is 0.153. The van der Waals surface area contributed by atoms with Crippen LogP contribution in [0.3, 0.4) is 0 Å². The van der Waals surface area contributed by atoms with Gasteiger partial charge in [-0.2, -0.15) is 0 Å². The van der Waals surface area contributed by atoms with Crippen molar-refractivity contribution in [1.29, 1.82) is 0 Å². The van der Waals surface area contributed by atoms with Gasteiger partial charge in [0.25, 0.3) is 0 Å². The number of nitrogens with zero attached hydrogens (tertiary/aromatic N) is 1. The van der Waals surface area contributed by atoms with Crippen LogP contribution < -0.4 is 5.32 Å². The summed E-state index contributed by atoms with van der Waals surface area (Å²) >= 11 is 0. The first-order valence-electron chi connectivity index (χ1n) is 7.84. The van der Waals surface area contributed by atoms with Crippen LogP contribution in [0.4, 0.5) is 4.39 Å². The maximum absolute atomic E-state index is 13.8. The van der Waals surface area contributed by atoms with Gasteiger partial charge in [0.15, 0.2) is 0 Å². The molecule has 1 N–H and O–H groups in total. The van der Waals surface area contributed by atoms with Crippen molar-refractivity contribution in [3.05, 3.63) is 35.6 Å². The molecule has 1 fully saturated rings. The minimum absolute atomic E-state index is 0.0585. The predicted octanol–water partition coefficient (Wildman–Crippen LogP) is 3.60. The van der Waals surface area contributed by atoms with Gasteiger partial charge in [-0.15, -0.1) is 0 Å². The molecular formula is C17H27FN2. The van der Waals surface area contributed by atoms with E-state index in [1.165, 1.54) is 25.5 Å². The van der Waals surface area contributed by atoms with Crippen LogP contribution in [0.5, 0.6) is 0 Å². The van der Waals surface area contributed by atoms with Gasteiger partial charge in [-0.05, 0) is 51.8 Å². The van der Waals surface area contributed by atoms with E-state index in [-0.39, 0.29) is 11.9 Å². The average Bonchev–Trinajstić information content (AvgIpc) is 2.47. The third kappa shape index (κ3) is 3.80. The number of hydrogen-bond donors (Lipinski definition) is 1. The average molecular weight is 278 g/mol. The molecule has 0 bridgehead atoms. The van der Waals surface area contributed by atoms with Crippen LogP contribution in [0.1, 0.15) is 45.2 Å². The van der Waals surface area contributed by atoms with Crippen molar-refractivity contribution in [3.63, 3.8) is 0 Å². The maximum Gasteiger partial charge on any atom is 0.127 e. The SMILES string of the molecule is CCN1CCCC(C(C)NC(C)c2ccccc2F)C1. The van der Waals surface area contributed by atoms with Gasteiger partial charge in [-0.3, -0.25) is 0 Å². The number of likely N-dealkylation sites (tertiary alicyclic amines) is 1. The highest BCUT2D eigenvalue weighted by Gasteiger charge is 2.25. The van der Waals surface area contributed by atoms with E-state index < -0.39 is 0 Å². The van der Waals surface area contributed by atoms with Gasteiger partial charge in [-0.1, -0.05) is 25.1 Å². The van der Waals surface area contributed by atoms with Crippen LogP contribution in [0.2, 0.25) is 0 Å². The zero-order valence-corrected chi connectivity index (χ0v) is 12.9. The van der Waals surface area contributed by atoms with Gasteiger partial charge < -0.3 is 10.2 Å². The van der Waals surface area contributed by atoms with E-state index in [1.54, 1.807) is 6.07 Å². The van der Waals surface area contributed by atoms with Gasteiger partial charge in [-0.25, -0.2) is 4.39 Å². The van der Waals surface area contributed by atoms with E-state index in [4.69, 9.17) is 0 Å². The molecule has 2 nitrogen and oxygen atoms in total. The van der Waals surface area contributed by atoms with Gasteiger partial charge in [0.1, 0.15) is 5.82 Å². The van der Waals surface area contributed by atoms with Crippen LogP contribution in [-0.4, -0.2) is 30.6 Å². The van der Waals surface area contributed by atoms with E-state index in [1.807, 2.05) is 12.1 Å². The first-order valence-corrected chi connectivity index (χ1v) is 7.84. The van der Waals surface area contributed by atoms with Gasteiger partial charge >= 0.3 is 0 Å². The number of piperidine rings is 1. The van der Waals surface area contributed by atoms with Gasteiger partial charge in [0.05, 0.1) is 0 Å². The fourth-order valence-electron chi connectivity index (χ4n) is 3.23. The van der Waals surface area contributed by atoms with E-state index in [2.05, 4.69) is 31.0 Å². The Hall–Kier alpha value is -0.930. The molecule has 1 aliphatic rings. The number of rotatable bonds is 5. The second-order valence-electron chi connectivity index (χ2n) is 5.99. The Bertz CT molecular complexity index is 421.